The molecule has 0 aliphatic heterocycles. The van der Waals surface area contributed by atoms with Crippen molar-refractivity contribution < 1.29 is 23.1 Å². The van der Waals surface area contributed by atoms with Gasteiger partial charge in [-0.2, -0.15) is 0 Å². The first kappa shape index (κ1) is 18.6. The Kier molecular flexibility index (Phi) is 4.85. The number of H-pyrrole nitrogens is 1. The number of aromatic nitrogens is 1. The highest BCUT2D eigenvalue weighted by Crippen LogP contribution is 2.33. The molecule has 2 aromatic carbocycles. The van der Waals surface area contributed by atoms with E-state index in [2.05, 4.69) is 10.3 Å². The Morgan fingerprint density at radius 2 is 1.82 bits per heavy atom. The van der Waals surface area contributed by atoms with Gasteiger partial charge in [0.05, 0.1) is 11.6 Å². The number of halogens is 3. The average Bonchev–Trinajstić information content (AvgIpc) is 2.98. The van der Waals surface area contributed by atoms with Crippen LogP contribution in [0.4, 0.5) is 13.2 Å². The molecule has 7 heteroatoms. The van der Waals surface area contributed by atoms with Crippen LogP contribution in [0.5, 0.6) is 0 Å². The lowest BCUT2D eigenvalue weighted by Gasteiger charge is -2.31. The normalized spacial score (nSPS) is 18.9. The van der Waals surface area contributed by atoms with Gasteiger partial charge < -0.3 is 15.4 Å². The molecule has 1 heterocycles. The van der Waals surface area contributed by atoms with E-state index in [1.165, 1.54) is 18.2 Å². The Morgan fingerprint density at radius 3 is 2.50 bits per heavy atom. The monoisotopic (exact) mass is 388 g/mol. The molecule has 1 aliphatic carbocycles. The van der Waals surface area contributed by atoms with Crippen molar-refractivity contribution in [2.45, 2.75) is 37.8 Å². The SMILES string of the molecule is O=C(CCc1c(-c2ccc(F)cc2)[nH]c2c(F)cc(F)cc12)NC1CC(O)C1. The summed E-state index contributed by atoms with van der Waals surface area (Å²) in [6, 6.07) is 7.67. The number of nitrogens with one attached hydrogen (secondary N) is 2. The highest BCUT2D eigenvalue weighted by molar-refractivity contribution is 5.92. The molecule has 146 valence electrons. The Labute approximate surface area is 159 Å². The van der Waals surface area contributed by atoms with Crippen LogP contribution < -0.4 is 5.32 Å². The molecule has 1 aromatic heterocycles. The fourth-order valence-electron chi connectivity index (χ4n) is 3.64. The maximum absolute atomic E-state index is 14.2. The van der Waals surface area contributed by atoms with E-state index in [9.17, 15) is 23.1 Å². The number of hydrogen-bond donors (Lipinski definition) is 3. The van der Waals surface area contributed by atoms with E-state index in [4.69, 9.17) is 0 Å². The summed E-state index contributed by atoms with van der Waals surface area (Å²) in [5, 5.41) is 12.5. The number of benzene rings is 2. The van der Waals surface area contributed by atoms with Crippen LogP contribution in [-0.4, -0.2) is 28.1 Å². The lowest BCUT2D eigenvalue weighted by Crippen LogP contribution is -2.46. The topological polar surface area (TPSA) is 65.1 Å². The number of aliphatic hydroxyl groups excluding tert-OH is 1. The predicted octanol–water partition coefficient (Wildman–Crippen LogP) is 3.82. The fourth-order valence-corrected chi connectivity index (χ4v) is 3.64. The molecule has 0 saturated heterocycles. The first-order valence-corrected chi connectivity index (χ1v) is 9.13. The molecular weight excluding hydrogens is 369 g/mol. The van der Waals surface area contributed by atoms with Gasteiger partial charge in [-0.05, 0) is 60.7 Å². The number of aliphatic hydroxyl groups is 1. The van der Waals surface area contributed by atoms with Gasteiger partial charge in [-0.1, -0.05) is 0 Å². The smallest absolute Gasteiger partial charge is 0.220 e. The highest BCUT2D eigenvalue weighted by Gasteiger charge is 2.28. The van der Waals surface area contributed by atoms with Gasteiger partial charge in [-0.15, -0.1) is 0 Å². The zero-order valence-corrected chi connectivity index (χ0v) is 14.9. The van der Waals surface area contributed by atoms with Gasteiger partial charge in [-0.3, -0.25) is 4.79 Å². The van der Waals surface area contributed by atoms with Crippen molar-refractivity contribution in [1.29, 1.82) is 0 Å². The van der Waals surface area contributed by atoms with Crippen LogP contribution >= 0.6 is 0 Å². The van der Waals surface area contributed by atoms with E-state index in [-0.39, 0.29) is 36.4 Å². The van der Waals surface area contributed by atoms with Crippen molar-refractivity contribution in [3.8, 4) is 11.3 Å². The number of hydrogen-bond acceptors (Lipinski definition) is 2. The maximum Gasteiger partial charge on any atom is 0.220 e. The average molecular weight is 388 g/mol. The number of rotatable bonds is 5. The predicted molar refractivity (Wildman–Crippen MR) is 99.1 cm³/mol. The summed E-state index contributed by atoms with van der Waals surface area (Å²) < 4.78 is 41.3. The summed E-state index contributed by atoms with van der Waals surface area (Å²) in [7, 11) is 0. The summed E-state index contributed by atoms with van der Waals surface area (Å²) in [6.45, 7) is 0. The number of aryl methyl sites for hydroxylation is 1. The number of carbonyl (C=O) groups is 1. The Morgan fingerprint density at radius 1 is 1.11 bits per heavy atom. The number of fused-ring (bicyclic) bond motifs is 1. The van der Waals surface area contributed by atoms with Crippen LogP contribution in [0.2, 0.25) is 0 Å². The van der Waals surface area contributed by atoms with Gasteiger partial charge in [0, 0.05) is 29.6 Å². The Balaban J connectivity index is 1.65. The minimum Gasteiger partial charge on any atom is -0.393 e. The summed E-state index contributed by atoms with van der Waals surface area (Å²) in [5.41, 5.74) is 1.91. The van der Waals surface area contributed by atoms with Crippen molar-refractivity contribution in [1.82, 2.24) is 10.3 Å². The molecule has 0 radical (unpaired) electrons. The minimum absolute atomic E-state index is 0.0306. The van der Waals surface area contributed by atoms with E-state index >= 15 is 0 Å². The maximum atomic E-state index is 14.2. The van der Waals surface area contributed by atoms with E-state index in [0.29, 0.717) is 35.0 Å². The van der Waals surface area contributed by atoms with Gasteiger partial charge in [0.25, 0.3) is 0 Å². The number of carbonyl (C=O) groups excluding carboxylic acids is 1. The third kappa shape index (κ3) is 3.62. The van der Waals surface area contributed by atoms with Gasteiger partial charge in [0.2, 0.25) is 5.91 Å². The van der Waals surface area contributed by atoms with Crippen LogP contribution in [-0.2, 0) is 11.2 Å². The summed E-state index contributed by atoms with van der Waals surface area (Å²) >= 11 is 0. The molecule has 3 N–H and O–H groups in total. The standard InChI is InChI=1S/C21H19F3N2O2/c22-12-3-1-11(2-4-12)20-16(5-6-19(28)25-14-9-15(27)10-14)17-7-13(23)8-18(24)21(17)26-20/h1-4,7-8,14-15,26-27H,5-6,9-10H2,(H,25,28). The van der Waals surface area contributed by atoms with E-state index < -0.39 is 17.5 Å². The lowest BCUT2D eigenvalue weighted by molar-refractivity contribution is -0.123. The second-order valence-electron chi connectivity index (χ2n) is 7.19. The lowest BCUT2D eigenvalue weighted by atomic mass is 9.89. The van der Waals surface area contributed by atoms with Crippen LogP contribution in [0.25, 0.3) is 22.2 Å². The molecule has 0 spiro atoms. The molecule has 1 aliphatic rings. The second kappa shape index (κ2) is 7.31. The molecule has 28 heavy (non-hydrogen) atoms. The van der Waals surface area contributed by atoms with Crippen molar-refractivity contribution in [2.24, 2.45) is 0 Å². The zero-order valence-electron chi connectivity index (χ0n) is 14.9. The third-order valence-electron chi connectivity index (χ3n) is 5.15. The van der Waals surface area contributed by atoms with Crippen molar-refractivity contribution in [3.63, 3.8) is 0 Å². The van der Waals surface area contributed by atoms with E-state index in [1.54, 1.807) is 12.1 Å². The minimum atomic E-state index is -0.725. The first-order chi connectivity index (χ1) is 13.4. The molecule has 1 amide bonds. The zero-order chi connectivity index (χ0) is 19.8. The quantitative estimate of drug-likeness (QED) is 0.622. The molecular formula is C21H19F3N2O2. The van der Waals surface area contributed by atoms with Gasteiger partial charge in [0.15, 0.2) is 0 Å². The van der Waals surface area contributed by atoms with Crippen LogP contribution in [0.15, 0.2) is 36.4 Å². The van der Waals surface area contributed by atoms with Crippen LogP contribution in [0.1, 0.15) is 24.8 Å². The molecule has 0 atom stereocenters. The molecule has 4 nitrogen and oxygen atoms in total. The fraction of sp³-hybridized carbons (Fsp3) is 0.286. The molecule has 1 saturated carbocycles. The van der Waals surface area contributed by atoms with Gasteiger partial charge in [-0.25, -0.2) is 13.2 Å². The van der Waals surface area contributed by atoms with Crippen LogP contribution in [0.3, 0.4) is 0 Å². The summed E-state index contributed by atoms with van der Waals surface area (Å²) in [5.74, 6) is -2.02. The van der Waals surface area contributed by atoms with Crippen molar-refractivity contribution >= 4 is 16.8 Å². The highest BCUT2D eigenvalue weighted by atomic mass is 19.1. The van der Waals surface area contributed by atoms with Gasteiger partial charge >= 0.3 is 0 Å². The van der Waals surface area contributed by atoms with Gasteiger partial charge in [0.1, 0.15) is 17.5 Å². The number of aromatic amines is 1. The molecule has 4 rings (SSSR count). The Bertz CT molecular complexity index is 1020. The third-order valence-corrected chi connectivity index (χ3v) is 5.15. The summed E-state index contributed by atoms with van der Waals surface area (Å²) in [6.07, 6.45) is 1.10. The molecule has 3 aromatic rings. The largest absolute Gasteiger partial charge is 0.393 e. The number of amides is 1. The molecule has 0 unspecified atom stereocenters. The summed E-state index contributed by atoms with van der Waals surface area (Å²) in [4.78, 5) is 15.2. The van der Waals surface area contributed by atoms with Crippen molar-refractivity contribution in [2.75, 3.05) is 0 Å². The molecule has 0 bridgehead atoms. The Hall–Kier alpha value is -2.80. The van der Waals surface area contributed by atoms with Crippen molar-refractivity contribution in [3.05, 3.63) is 59.4 Å². The molecule has 1 fully saturated rings. The van der Waals surface area contributed by atoms with Crippen LogP contribution in [0, 0.1) is 17.5 Å². The first-order valence-electron chi connectivity index (χ1n) is 9.13. The van der Waals surface area contributed by atoms with E-state index in [1.807, 2.05) is 0 Å². The second-order valence-corrected chi connectivity index (χ2v) is 7.19. The van der Waals surface area contributed by atoms with E-state index in [0.717, 1.165) is 6.07 Å².